The third-order valence-electron chi connectivity index (χ3n) is 5.15. The monoisotopic (exact) mass is 267 g/mol. The van der Waals surface area contributed by atoms with Gasteiger partial charge >= 0.3 is 0 Å². The maximum Gasteiger partial charge on any atom is 0.0616 e. The first kappa shape index (κ1) is 15.3. The Balaban J connectivity index is 1.89. The molecule has 1 heterocycles. The number of hydrogen-bond acceptors (Lipinski definition) is 2. The summed E-state index contributed by atoms with van der Waals surface area (Å²) in [4.78, 5) is 0. The average Bonchev–Trinajstić information content (AvgIpc) is 2.93. The lowest BCUT2D eigenvalue weighted by atomic mass is 9.79. The Kier molecular flexibility index (Phi) is 6.66. The van der Waals surface area contributed by atoms with E-state index in [1.165, 1.54) is 64.3 Å². The molecule has 3 unspecified atom stereocenters. The molecule has 1 N–H and O–H groups in total. The van der Waals surface area contributed by atoms with Gasteiger partial charge < -0.3 is 10.1 Å². The van der Waals surface area contributed by atoms with Gasteiger partial charge in [-0.15, -0.1) is 0 Å². The normalized spacial score (nSPS) is 30.6. The maximum absolute atomic E-state index is 5.92. The van der Waals surface area contributed by atoms with Crippen LogP contribution in [-0.4, -0.2) is 25.3 Å². The topological polar surface area (TPSA) is 21.3 Å². The van der Waals surface area contributed by atoms with Gasteiger partial charge in [0.05, 0.1) is 6.10 Å². The first-order valence-electron chi connectivity index (χ1n) is 8.70. The smallest absolute Gasteiger partial charge is 0.0616 e. The van der Waals surface area contributed by atoms with Crippen molar-refractivity contribution >= 4 is 0 Å². The van der Waals surface area contributed by atoms with Crippen molar-refractivity contribution in [3.05, 3.63) is 0 Å². The molecular weight excluding hydrogens is 234 g/mol. The lowest BCUT2D eigenvalue weighted by molar-refractivity contribution is 0.0731. The first-order chi connectivity index (χ1) is 9.35. The quantitative estimate of drug-likeness (QED) is 0.748. The van der Waals surface area contributed by atoms with Crippen LogP contribution in [0.5, 0.6) is 0 Å². The van der Waals surface area contributed by atoms with E-state index >= 15 is 0 Å². The van der Waals surface area contributed by atoms with Gasteiger partial charge in [-0.1, -0.05) is 46.0 Å². The summed E-state index contributed by atoms with van der Waals surface area (Å²) in [5, 5.41) is 3.84. The summed E-state index contributed by atoms with van der Waals surface area (Å²) in [7, 11) is 0. The summed E-state index contributed by atoms with van der Waals surface area (Å²) in [5.74, 6) is 1.74. The van der Waals surface area contributed by atoms with Crippen LogP contribution >= 0.6 is 0 Å². The molecule has 112 valence electrons. The van der Waals surface area contributed by atoms with Gasteiger partial charge in [-0.3, -0.25) is 0 Å². The Morgan fingerprint density at radius 3 is 2.58 bits per heavy atom. The van der Waals surface area contributed by atoms with E-state index in [1.54, 1.807) is 0 Å². The highest BCUT2D eigenvalue weighted by Gasteiger charge is 2.34. The van der Waals surface area contributed by atoms with Crippen LogP contribution in [-0.2, 0) is 4.74 Å². The highest BCUT2D eigenvalue weighted by Crippen LogP contribution is 2.33. The number of hydrogen-bond donors (Lipinski definition) is 1. The minimum Gasteiger partial charge on any atom is -0.378 e. The average molecular weight is 267 g/mol. The van der Waals surface area contributed by atoms with Gasteiger partial charge in [-0.25, -0.2) is 0 Å². The van der Waals surface area contributed by atoms with Crippen LogP contribution in [0.2, 0.25) is 0 Å². The number of nitrogens with one attached hydrogen (secondary N) is 1. The summed E-state index contributed by atoms with van der Waals surface area (Å²) in [6.45, 7) is 6.70. The fourth-order valence-electron chi connectivity index (χ4n) is 4.07. The van der Waals surface area contributed by atoms with Crippen LogP contribution in [0.3, 0.4) is 0 Å². The van der Waals surface area contributed by atoms with Crippen LogP contribution in [0, 0.1) is 11.8 Å². The summed E-state index contributed by atoms with van der Waals surface area (Å²) >= 11 is 0. The van der Waals surface area contributed by atoms with E-state index in [1.807, 2.05) is 0 Å². The van der Waals surface area contributed by atoms with Gasteiger partial charge in [0.2, 0.25) is 0 Å². The van der Waals surface area contributed by atoms with Gasteiger partial charge in [0, 0.05) is 18.6 Å². The van der Waals surface area contributed by atoms with Gasteiger partial charge in [-0.2, -0.15) is 0 Å². The summed E-state index contributed by atoms with van der Waals surface area (Å²) in [6, 6.07) is 0.704. The van der Waals surface area contributed by atoms with Crippen LogP contribution in [0.4, 0.5) is 0 Å². The van der Waals surface area contributed by atoms with Crippen molar-refractivity contribution in [2.24, 2.45) is 11.8 Å². The van der Waals surface area contributed by atoms with Crippen LogP contribution in [0.1, 0.15) is 71.6 Å². The minimum atomic E-state index is 0.512. The van der Waals surface area contributed by atoms with E-state index in [0.29, 0.717) is 12.1 Å². The highest BCUT2D eigenvalue weighted by molar-refractivity contribution is 4.87. The van der Waals surface area contributed by atoms with Crippen molar-refractivity contribution in [1.29, 1.82) is 0 Å². The summed E-state index contributed by atoms with van der Waals surface area (Å²) in [5.41, 5.74) is 0. The molecule has 2 fully saturated rings. The van der Waals surface area contributed by atoms with E-state index in [4.69, 9.17) is 4.74 Å². The summed E-state index contributed by atoms with van der Waals surface area (Å²) in [6.07, 6.45) is 12.9. The molecule has 19 heavy (non-hydrogen) atoms. The molecule has 0 amide bonds. The van der Waals surface area contributed by atoms with Crippen molar-refractivity contribution < 1.29 is 4.74 Å². The Hall–Kier alpha value is -0.0800. The molecule has 2 heteroatoms. The lowest BCUT2D eigenvalue weighted by Gasteiger charge is -2.32. The molecule has 2 rings (SSSR count). The zero-order valence-corrected chi connectivity index (χ0v) is 13.0. The van der Waals surface area contributed by atoms with E-state index in [-0.39, 0.29) is 0 Å². The molecule has 0 spiro atoms. The molecule has 2 nitrogen and oxygen atoms in total. The molecule has 3 atom stereocenters. The third-order valence-corrected chi connectivity index (χ3v) is 5.15. The van der Waals surface area contributed by atoms with Crippen LogP contribution < -0.4 is 5.32 Å². The number of rotatable bonds is 7. The second kappa shape index (κ2) is 8.26. The standard InChI is InChI=1S/C17H33NO/c1-3-11-18-16(13-14-8-6-5-7-9-14)15-10-12-19-17(15)4-2/h14-18H,3-13H2,1-2H3. The molecule has 1 aliphatic heterocycles. The highest BCUT2D eigenvalue weighted by atomic mass is 16.5. The predicted octanol–water partition coefficient (Wildman–Crippen LogP) is 4.14. The first-order valence-corrected chi connectivity index (χ1v) is 8.70. The largest absolute Gasteiger partial charge is 0.378 e. The van der Waals surface area contributed by atoms with Crippen molar-refractivity contribution in [2.75, 3.05) is 13.2 Å². The van der Waals surface area contributed by atoms with Gasteiger partial charge in [0.15, 0.2) is 0 Å². The van der Waals surface area contributed by atoms with Crippen molar-refractivity contribution in [3.8, 4) is 0 Å². The van der Waals surface area contributed by atoms with Gasteiger partial charge in [0.25, 0.3) is 0 Å². The molecule has 0 radical (unpaired) electrons. The van der Waals surface area contributed by atoms with Crippen molar-refractivity contribution in [3.63, 3.8) is 0 Å². The van der Waals surface area contributed by atoms with Crippen LogP contribution in [0.25, 0.3) is 0 Å². The van der Waals surface area contributed by atoms with E-state index in [9.17, 15) is 0 Å². The zero-order valence-electron chi connectivity index (χ0n) is 13.0. The molecule has 0 aromatic heterocycles. The second-order valence-electron chi connectivity index (χ2n) is 6.57. The molecule has 0 aromatic carbocycles. The molecule has 0 aromatic rings. The summed E-state index contributed by atoms with van der Waals surface area (Å²) < 4.78 is 5.92. The second-order valence-corrected chi connectivity index (χ2v) is 6.57. The van der Waals surface area contributed by atoms with E-state index in [2.05, 4.69) is 19.2 Å². The van der Waals surface area contributed by atoms with E-state index < -0.39 is 0 Å². The van der Waals surface area contributed by atoms with Gasteiger partial charge in [-0.05, 0) is 38.1 Å². The Bertz CT molecular complexity index is 237. The fraction of sp³-hybridized carbons (Fsp3) is 1.00. The molecule has 1 saturated heterocycles. The predicted molar refractivity (Wildman–Crippen MR) is 81.4 cm³/mol. The Morgan fingerprint density at radius 2 is 1.89 bits per heavy atom. The Labute approximate surface area is 119 Å². The molecule has 1 aliphatic carbocycles. The van der Waals surface area contributed by atoms with E-state index in [0.717, 1.165) is 18.4 Å². The SMILES string of the molecule is CCCNC(CC1CCCCC1)C1CCOC1CC. The zero-order chi connectivity index (χ0) is 13.5. The Morgan fingerprint density at radius 1 is 1.11 bits per heavy atom. The molecular formula is C17H33NO. The molecule has 0 bridgehead atoms. The van der Waals surface area contributed by atoms with Crippen LogP contribution in [0.15, 0.2) is 0 Å². The lowest BCUT2D eigenvalue weighted by Crippen LogP contribution is -2.41. The number of ether oxygens (including phenoxy) is 1. The van der Waals surface area contributed by atoms with Crippen molar-refractivity contribution in [2.45, 2.75) is 83.8 Å². The fourth-order valence-corrected chi connectivity index (χ4v) is 4.07. The maximum atomic E-state index is 5.92. The third kappa shape index (κ3) is 4.46. The van der Waals surface area contributed by atoms with Gasteiger partial charge in [0.1, 0.15) is 0 Å². The molecule has 1 saturated carbocycles. The minimum absolute atomic E-state index is 0.512. The van der Waals surface area contributed by atoms with Crippen molar-refractivity contribution in [1.82, 2.24) is 5.32 Å². The molecule has 2 aliphatic rings.